The molecular weight excluding hydrogens is 463 g/mol. The lowest BCUT2D eigenvalue weighted by Gasteiger charge is -2.13. The first-order valence-electron chi connectivity index (χ1n) is 10.9. The van der Waals surface area contributed by atoms with Gasteiger partial charge in [0.15, 0.2) is 0 Å². The molecule has 1 aromatic heterocycles. The van der Waals surface area contributed by atoms with Crippen LogP contribution < -0.4 is 20.1 Å². The molecule has 0 radical (unpaired) electrons. The zero-order valence-electron chi connectivity index (χ0n) is 19.6. The van der Waals surface area contributed by atoms with E-state index in [2.05, 4.69) is 10.6 Å². The zero-order valence-corrected chi connectivity index (χ0v) is 19.6. The quantitative estimate of drug-likeness (QED) is 0.188. The molecule has 0 spiro atoms. The third kappa shape index (κ3) is 5.61. The largest absolute Gasteiger partial charge is 0.495 e. The fourth-order valence-electron chi connectivity index (χ4n) is 3.45. The predicted octanol–water partition coefficient (Wildman–Crippen LogP) is 5.76. The molecule has 3 aromatic carbocycles. The Hall–Kier alpha value is -4.85. The number of halogens is 1. The molecule has 4 rings (SSSR count). The first-order valence-corrected chi connectivity index (χ1v) is 10.9. The molecule has 1 heterocycles. The number of hydrogen-bond donors (Lipinski definition) is 2. The number of hydrogen-bond acceptors (Lipinski definition) is 5. The summed E-state index contributed by atoms with van der Waals surface area (Å²) < 4.78 is 29.7. The van der Waals surface area contributed by atoms with Gasteiger partial charge in [0, 0.05) is 5.56 Å². The van der Waals surface area contributed by atoms with E-state index in [1.165, 1.54) is 32.4 Å². The van der Waals surface area contributed by atoms with Crippen molar-refractivity contribution < 1.29 is 27.9 Å². The average molecular weight is 486 g/mol. The third-order valence-corrected chi connectivity index (χ3v) is 5.24. The second kappa shape index (κ2) is 11.1. The molecule has 36 heavy (non-hydrogen) atoms. The van der Waals surface area contributed by atoms with Crippen LogP contribution in [0.3, 0.4) is 0 Å². The number of benzene rings is 3. The van der Waals surface area contributed by atoms with Crippen LogP contribution in [0.4, 0.5) is 15.8 Å². The summed E-state index contributed by atoms with van der Waals surface area (Å²) in [6.45, 7) is 0. The maximum absolute atomic E-state index is 13.3. The van der Waals surface area contributed by atoms with Crippen molar-refractivity contribution in [3.63, 3.8) is 0 Å². The summed E-state index contributed by atoms with van der Waals surface area (Å²) in [5, 5.41) is 5.43. The number of amides is 2. The lowest BCUT2D eigenvalue weighted by molar-refractivity contribution is -0.118. The summed E-state index contributed by atoms with van der Waals surface area (Å²) in [5.74, 6) is -0.128. The maximum atomic E-state index is 13.3. The van der Waals surface area contributed by atoms with E-state index in [0.29, 0.717) is 34.2 Å². The Morgan fingerprint density at radius 1 is 0.750 bits per heavy atom. The molecular formula is C28H23FN2O5. The minimum atomic E-state index is -0.674. The topological polar surface area (TPSA) is 89.8 Å². The molecule has 0 saturated carbocycles. The lowest BCUT2D eigenvalue weighted by atomic mass is 10.1. The van der Waals surface area contributed by atoms with Crippen molar-refractivity contribution in [2.75, 3.05) is 24.9 Å². The Morgan fingerprint density at radius 3 is 1.81 bits per heavy atom. The van der Waals surface area contributed by atoms with E-state index >= 15 is 0 Å². The normalized spacial score (nSPS) is 10.3. The smallest absolute Gasteiger partial charge is 0.261 e. The summed E-state index contributed by atoms with van der Waals surface area (Å²) in [6.07, 6.45) is 1.34. The monoisotopic (exact) mass is 486 g/mol. The number of nitrogens with one attached hydrogen (secondary N) is 2. The van der Waals surface area contributed by atoms with E-state index in [4.69, 9.17) is 13.9 Å². The number of carbonyl (C=O) groups excluding carboxylic acids is 2. The van der Waals surface area contributed by atoms with Gasteiger partial charge in [0.1, 0.15) is 34.4 Å². The molecule has 8 heteroatoms. The van der Waals surface area contributed by atoms with Gasteiger partial charge >= 0.3 is 0 Å². The molecule has 0 aliphatic carbocycles. The van der Waals surface area contributed by atoms with Gasteiger partial charge in [0.2, 0.25) is 0 Å². The fourth-order valence-corrected chi connectivity index (χ4v) is 3.45. The number of ether oxygens (including phenoxy) is 2. The summed E-state index contributed by atoms with van der Waals surface area (Å²) in [5.41, 5.74) is 1.22. The van der Waals surface area contributed by atoms with Gasteiger partial charge in [-0.15, -0.1) is 0 Å². The predicted molar refractivity (Wildman–Crippen MR) is 135 cm³/mol. The molecule has 2 amide bonds. The van der Waals surface area contributed by atoms with Gasteiger partial charge in [-0.3, -0.25) is 9.59 Å². The van der Waals surface area contributed by atoms with Gasteiger partial charge in [-0.25, -0.2) is 4.39 Å². The van der Waals surface area contributed by atoms with Crippen LogP contribution in [0.15, 0.2) is 94.9 Å². The van der Waals surface area contributed by atoms with E-state index in [1.807, 2.05) is 0 Å². The van der Waals surface area contributed by atoms with Crippen LogP contribution in [0.25, 0.3) is 17.4 Å². The summed E-state index contributed by atoms with van der Waals surface area (Å²) in [4.78, 5) is 26.6. The zero-order chi connectivity index (χ0) is 25.5. The van der Waals surface area contributed by atoms with Crippen molar-refractivity contribution in [2.45, 2.75) is 0 Å². The molecule has 0 saturated heterocycles. The third-order valence-electron chi connectivity index (χ3n) is 5.24. The Labute approximate surface area is 207 Å². The van der Waals surface area contributed by atoms with E-state index in [9.17, 15) is 14.0 Å². The van der Waals surface area contributed by atoms with E-state index in [-0.39, 0.29) is 17.2 Å². The highest BCUT2D eigenvalue weighted by Gasteiger charge is 2.22. The van der Waals surface area contributed by atoms with Crippen LogP contribution in [-0.2, 0) is 9.59 Å². The second-order valence-electron chi connectivity index (χ2n) is 7.58. The summed E-state index contributed by atoms with van der Waals surface area (Å²) in [6, 6.07) is 22.8. The van der Waals surface area contributed by atoms with Crippen LogP contribution in [0.2, 0.25) is 0 Å². The highest BCUT2D eigenvalue weighted by molar-refractivity contribution is 6.29. The second-order valence-corrected chi connectivity index (χ2v) is 7.58. The van der Waals surface area contributed by atoms with E-state index < -0.39 is 11.8 Å². The Kier molecular flexibility index (Phi) is 7.45. The number of carbonyl (C=O) groups is 2. The van der Waals surface area contributed by atoms with Crippen LogP contribution in [0, 0.1) is 5.82 Å². The first-order chi connectivity index (χ1) is 17.5. The van der Waals surface area contributed by atoms with Crippen LogP contribution in [0.1, 0.15) is 5.76 Å². The number of methoxy groups -OCH3 is 2. The Bertz CT molecular complexity index is 1350. The van der Waals surface area contributed by atoms with Crippen molar-refractivity contribution in [1.29, 1.82) is 0 Å². The highest BCUT2D eigenvalue weighted by atomic mass is 19.1. The number of rotatable bonds is 8. The number of anilines is 2. The molecule has 0 aliphatic rings. The van der Waals surface area contributed by atoms with Crippen molar-refractivity contribution in [3.05, 3.63) is 102 Å². The molecule has 0 bridgehead atoms. The van der Waals surface area contributed by atoms with Crippen molar-refractivity contribution >= 4 is 29.3 Å². The molecule has 0 atom stereocenters. The van der Waals surface area contributed by atoms with E-state index in [0.717, 1.165) is 0 Å². The van der Waals surface area contributed by atoms with Crippen molar-refractivity contribution in [2.24, 2.45) is 0 Å². The van der Waals surface area contributed by atoms with Crippen molar-refractivity contribution in [1.82, 2.24) is 0 Å². The SMILES string of the molecule is COc1ccccc1NC(=O)C(=Cc1ccc(-c2ccc(F)cc2)o1)C(=O)Nc1ccccc1OC. The molecule has 7 nitrogen and oxygen atoms in total. The highest BCUT2D eigenvalue weighted by Crippen LogP contribution is 2.28. The molecule has 0 aliphatic heterocycles. The minimum Gasteiger partial charge on any atom is -0.495 e. The van der Waals surface area contributed by atoms with Gasteiger partial charge in [0.25, 0.3) is 11.8 Å². The molecule has 2 N–H and O–H groups in total. The van der Waals surface area contributed by atoms with Crippen LogP contribution >= 0.6 is 0 Å². The molecule has 182 valence electrons. The lowest BCUT2D eigenvalue weighted by Crippen LogP contribution is -2.25. The van der Waals surface area contributed by atoms with Crippen LogP contribution in [0.5, 0.6) is 11.5 Å². The van der Waals surface area contributed by atoms with Gasteiger partial charge in [-0.2, -0.15) is 0 Å². The Morgan fingerprint density at radius 2 is 1.28 bits per heavy atom. The van der Waals surface area contributed by atoms with Gasteiger partial charge in [0.05, 0.1) is 25.6 Å². The molecule has 0 unspecified atom stereocenters. The average Bonchev–Trinajstić information content (AvgIpc) is 3.37. The van der Waals surface area contributed by atoms with Gasteiger partial charge < -0.3 is 24.5 Å². The maximum Gasteiger partial charge on any atom is 0.261 e. The molecule has 0 fully saturated rings. The van der Waals surface area contributed by atoms with Crippen LogP contribution in [-0.4, -0.2) is 26.0 Å². The number of para-hydroxylation sites is 4. The van der Waals surface area contributed by atoms with Gasteiger partial charge in [-0.05, 0) is 66.7 Å². The molecule has 4 aromatic rings. The van der Waals surface area contributed by atoms with E-state index in [1.54, 1.807) is 72.8 Å². The van der Waals surface area contributed by atoms with Crippen molar-refractivity contribution in [3.8, 4) is 22.8 Å². The first kappa shape index (κ1) is 24.3. The standard InChI is InChI=1S/C28H23FN2O5/c1-34-25-9-5-3-7-22(25)30-27(32)21(28(33)31-23-8-4-6-10-26(23)35-2)17-20-15-16-24(36-20)18-11-13-19(29)14-12-18/h3-17H,1-2H3,(H,30,32)(H,31,33). The number of furan rings is 1. The Balaban J connectivity index is 1.68. The summed E-state index contributed by atoms with van der Waals surface area (Å²) >= 11 is 0. The van der Waals surface area contributed by atoms with Gasteiger partial charge in [-0.1, -0.05) is 24.3 Å². The summed E-state index contributed by atoms with van der Waals surface area (Å²) in [7, 11) is 2.96. The minimum absolute atomic E-state index is 0.216. The fraction of sp³-hybridized carbons (Fsp3) is 0.0714.